The fourth-order valence-electron chi connectivity index (χ4n) is 4.34. The van der Waals surface area contributed by atoms with Crippen LogP contribution in [0.15, 0.2) is 41.5 Å². The number of primary amides is 1. The number of carbonyl (C=O) groups excluding carboxylic acids is 1. The number of carbonyl (C=O) groups is 1. The van der Waals surface area contributed by atoms with Crippen LogP contribution in [-0.4, -0.2) is 28.9 Å². The van der Waals surface area contributed by atoms with Crippen molar-refractivity contribution in [1.29, 1.82) is 0 Å². The van der Waals surface area contributed by atoms with Crippen molar-refractivity contribution >= 4 is 16.8 Å². The number of nitrogens with zero attached hydrogens (tertiary/aromatic N) is 1. The number of aromatic nitrogens is 2. The molecule has 1 amide bonds. The number of hydrogen-bond donors (Lipinski definition) is 2. The molecule has 2 unspecified atom stereocenters. The third-order valence-electron chi connectivity index (χ3n) is 6.11. The Bertz CT molecular complexity index is 1240. The average molecular weight is 479 g/mol. The van der Waals surface area contributed by atoms with Gasteiger partial charge in [0.2, 0.25) is 5.82 Å². The van der Waals surface area contributed by atoms with E-state index in [0.29, 0.717) is 17.5 Å². The average Bonchev–Trinajstić information content (AvgIpc) is 2.81. The summed E-state index contributed by atoms with van der Waals surface area (Å²) in [4.78, 5) is 29.0. The summed E-state index contributed by atoms with van der Waals surface area (Å²) >= 11 is 0. The number of rotatable bonds is 4. The standard InChI is InChI=1S/C15H18F4O.C9H7N3O2/c1-3-10-8-9(6-7-15(10,18)19)11-4-5-12(16)13(17)14(11)20-2;10-9(14)8-7-5(1-3-12-8)11-4-2-6(7)13/h4-5,9-10H,3,6-8H2,1-2H3;1-4H,(H2,10,14)(H,11,13). The lowest BCUT2D eigenvalue weighted by molar-refractivity contribution is -0.0912. The molecule has 2 atom stereocenters. The maximum absolute atomic E-state index is 13.7. The van der Waals surface area contributed by atoms with Gasteiger partial charge in [-0.2, -0.15) is 4.39 Å². The number of methoxy groups -OCH3 is 1. The summed E-state index contributed by atoms with van der Waals surface area (Å²) in [6, 6.07) is 5.42. The van der Waals surface area contributed by atoms with Crippen molar-refractivity contribution in [3.05, 3.63) is 69.8 Å². The zero-order chi connectivity index (χ0) is 25.0. The summed E-state index contributed by atoms with van der Waals surface area (Å²) in [6.07, 6.45) is 3.61. The fraction of sp³-hybridized carbons (Fsp3) is 0.375. The first-order chi connectivity index (χ1) is 16.1. The lowest BCUT2D eigenvalue weighted by Crippen LogP contribution is -2.34. The van der Waals surface area contributed by atoms with Crippen LogP contribution in [-0.2, 0) is 0 Å². The Hall–Kier alpha value is -3.43. The lowest BCUT2D eigenvalue weighted by Gasteiger charge is -2.36. The summed E-state index contributed by atoms with van der Waals surface area (Å²) in [6.45, 7) is 1.73. The highest BCUT2D eigenvalue weighted by molar-refractivity contribution is 6.03. The van der Waals surface area contributed by atoms with Crippen LogP contribution in [0.2, 0.25) is 0 Å². The number of amides is 1. The first-order valence-corrected chi connectivity index (χ1v) is 10.8. The largest absolute Gasteiger partial charge is 0.493 e. The molecule has 4 rings (SSSR count). The maximum atomic E-state index is 13.7. The molecule has 3 N–H and O–H groups in total. The molecular weight excluding hydrogens is 454 g/mol. The molecule has 0 radical (unpaired) electrons. The third kappa shape index (κ3) is 5.05. The Morgan fingerprint density at radius 2 is 2.00 bits per heavy atom. The van der Waals surface area contributed by atoms with Crippen molar-refractivity contribution in [1.82, 2.24) is 9.97 Å². The summed E-state index contributed by atoms with van der Waals surface area (Å²) in [5, 5.41) is 0.238. The number of benzene rings is 1. The van der Waals surface area contributed by atoms with Gasteiger partial charge in [0.1, 0.15) is 5.69 Å². The number of fused-ring (bicyclic) bond motifs is 1. The maximum Gasteiger partial charge on any atom is 0.268 e. The predicted octanol–water partition coefficient (Wildman–Crippen LogP) is 4.92. The van der Waals surface area contributed by atoms with E-state index >= 15 is 0 Å². The smallest absolute Gasteiger partial charge is 0.268 e. The summed E-state index contributed by atoms with van der Waals surface area (Å²) in [5.41, 5.74) is 5.88. The number of H-pyrrole nitrogens is 1. The van der Waals surface area contributed by atoms with E-state index < -0.39 is 29.4 Å². The molecule has 3 aromatic rings. The number of aromatic amines is 1. The quantitative estimate of drug-likeness (QED) is 0.519. The first-order valence-electron chi connectivity index (χ1n) is 10.8. The number of halogens is 4. The van der Waals surface area contributed by atoms with Crippen LogP contribution in [0.25, 0.3) is 10.9 Å². The normalized spacial score (nSPS) is 19.2. The van der Waals surface area contributed by atoms with Crippen LogP contribution >= 0.6 is 0 Å². The fourth-order valence-corrected chi connectivity index (χ4v) is 4.34. The number of nitrogens with one attached hydrogen (secondary N) is 1. The predicted molar refractivity (Wildman–Crippen MR) is 119 cm³/mol. The van der Waals surface area contributed by atoms with Crippen molar-refractivity contribution in [2.24, 2.45) is 11.7 Å². The van der Waals surface area contributed by atoms with Crippen LogP contribution < -0.4 is 15.9 Å². The second-order valence-corrected chi connectivity index (χ2v) is 8.11. The number of pyridine rings is 2. The van der Waals surface area contributed by atoms with E-state index in [0.717, 1.165) is 6.07 Å². The highest BCUT2D eigenvalue weighted by Gasteiger charge is 2.44. The van der Waals surface area contributed by atoms with E-state index in [1.807, 2.05) is 0 Å². The molecule has 182 valence electrons. The minimum atomic E-state index is -2.67. The van der Waals surface area contributed by atoms with Gasteiger partial charge in [0.05, 0.1) is 18.0 Å². The van der Waals surface area contributed by atoms with E-state index in [-0.39, 0.29) is 47.4 Å². The van der Waals surface area contributed by atoms with Crippen molar-refractivity contribution in [2.45, 2.75) is 44.4 Å². The van der Waals surface area contributed by atoms with Gasteiger partial charge in [-0.1, -0.05) is 13.0 Å². The van der Waals surface area contributed by atoms with Gasteiger partial charge >= 0.3 is 0 Å². The Balaban J connectivity index is 0.000000202. The van der Waals surface area contributed by atoms with Gasteiger partial charge < -0.3 is 15.5 Å². The van der Waals surface area contributed by atoms with Gasteiger partial charge in [0, 0.05) is 36.4 Å². The Morgan fingerprint density at radius 1 is 1.26 bits per heavy atom. The zero-order valence-electron chi connectivity index (χ0n) is 18.7. The molecule has 10 heteroatoms. The number of ether oxygens (including phenoxy) is 1. The number of nitrogens with two attached hydrogens (primary N) is 1. The molecule has 0 bridgehead atoms. The van der Waals surface area contributed by atoms with Crippen molar-refractivity contribution in [2.75, 3.05) is 7.11 Å². The summed E-state index contributed by atoms with van der Waals surface area (Å²) < 4.78 is 59.3. The van der Waals surface area contributed by atoms with E-state index in [1.165, 1.54) is 31.6 Å². The molecule has 1 aliphatic rings. The van der Waals surface area contributed by atoms with Crippen LogP contribution in [0.4, 0.5) is 17.6 Å². The van der Waals surface area contributed by atoms with Gasteiger partial charge in [0.15, 0.2) is 17.0 Å². The molecule has 2 heterocycles. The molecule has 6 nitrogen and oxygen atoms in total. The molecular formula is C24H25F4N3O3. The van der Waals surface area contributed by atoms with Gasteiger partial charge in [-0.3, -0.25) is 14.6 Å². The monoisotopic (exact) mass is 479 g/mol. The highest BCUT2D eigenvalue weighted by Crippen LogP contribution is 2.48. The molecule has 0 spiro atoms. The van der Waals surface area contributed by atoms with Gasteiger partial charge in [0.25, 0.3) is 11.8 Å². The van der Waals surface area contributed by atoms with Crippen molar-refractivity contribution in [3.63, 3.8) is 0 Å². The van der Waals surface area contributed by atoms with Crippen LogP contribution in [0.3, 0.4) is 0 Å². The van der Waals surface area contributed by atoms with Gasteiger partial charge in [-0.05, 0) is 37.3 Å². The first kappa shape index (κ1) is 25.2. The molecule has 1 aliphatic carbocycles. The van der Waals surface area contributed by atoms with Gasteiger partial charge in [-0.15, -0.1) is 0 Å². The van der Waals surface area contributed by atoms with Crippen LogP contribution in [0.1, 0.15) is 54.6 Å². The Kier molecular flexibility index (Phi) is 7.58. The minimum absolute atomic E-state index is 0.00403. The van der Waals surface area contributed by atoms with Crippen LogP contribution in [0, 0.1) is 17.6 Å². The molecule has 0 saturated heterocycles. The lowest BCUT2D eigenvalue weighted by atomic mass is 9.74. The number of hydrogen-bond acceptors (Lipinski definition) is 4. The van der Waals surface area contributed by atoms with E-state index in [9.17, 15) is 27.2 Å². The second-order valence-electron chi connectivity index (χ2n) is 8.11. The molecule has 1 fully saturated rings. The minimum Gasteiger partial charge on any atom is -0.493 e. The van der Waals surface area contributed by atoms with E-state index in [4.69, 9.17) is 10.5 Å². The molecule has 1 aromatic carbocycles. The van der Waals surface area contributed by atoms with Crippen molar-refractivity contribution < 1.29 is 27.1 Å². The second kappa shape index (κ2) is 10.2. The SMILES string of the molecule is CCC1CC(c2ccc(F)c(F)c2OC)CCC1(F)F.NC(=O)c1nccc2[nH]ccc(=O)c12. The summed E-state index contributed by atoms with van der Waals surface area (Å²) in [7, 11) is 1.26. The van der Waals surface area contributed by atoms with E-state index in [2.05, 4.69) is 9.97 Å². The molecule has 0 aliphatic heterocycles. The Labute approximate surface area is 193 Å². The van der Waals surface area contributed by atoms with Crippen molar-refractivity contribution in [3.8, 4) is 5.75 Å². The van der Waals surface area contributed by atoms with Crippen LogP contribution in [0.5, 0.6) is 5.75 Å². The molecule has 34 heavy (non-hydrogen) atoms. The summed E-state index contributed by atoms with van der Waals surface area (Å²) in [5.74, 6) is -6.50. The number of alkyl halides is 2. The highest BCUT2D eigenvalue weighted by atomic mass is 19.3. The third-order valence-corrected chi connectivity index (χ3v) is 6.11. The molecule has 2 aromatic heterocycles. The molecule has 1 saturated carbocycles. The Morgan fingerprint density at radius 3 is 2.65 bits per heavy atom. The van der Waals surface area contributed by atoms with E-state index in [1.54, 1.807) is 13.0 Å². The van der Waals surface area contributed by atoms with Gasteiger partial charge in [-0.25, -0.2) is 13.2 Å². The topological polar surface area (TPSA) is 98.1 Å². The zero-order valence-corrected chi connectivity index (χ0v) is 18.7.